The molecule has 0 aliphatic carbocycles. The van der Waals surface area contributed by atoms with Crippen molar-refractivity contribution in [3.8, 4) is 0 Å². The molecule has 112 valence electrons. The van der Waals surface area contributed by atoms with Crippen LogP contribution in [0.25, 0.3) is 10.9 Å². The van der Waals surface area contributed by atoms with E-state index in [1.807, 2.05) is 37.4 Å². The standard InChI is InChI=1S/C15H17ClN2O2S/c1-18(12-6-7-21(19,20)10-12)15-8-11(9-16)17-14-5-3-2-4-13(14)15/h2-5,8,12H,6-7,9-10H2,1H3. The van der Waals surface area contributed by atoms with Crippen molar-refractivity contribution in [3.63, 3.8) is 0 Å². The predicted octanol–water partition coefficient (Wildman–Crippen LogP) is 2.60. The minimum atomic E-state index is -2.90. The molecule has 1 fully saturated rings. The maximum Gasteiger partial charge on any atom is 0.152 e. The summed E-state index contributed by atoms with van der Waals surface area (Å²) in [6.45, 7) is 0. The maximum atomic E-state index is 11.7. The molecule has 1 atom stereocenters. The number of fused-ring (bicyclic) bond motifs is 1. The second-order valence-electron chi connectivity index (χ2n) is 5.45. The van der Waals surface area contributed by atoms with Gasteiger partial charge >= 0.3 is 0 Å². The third kappa shape index (κ3) is 2.85. The van der Waals surface area contributed by atoms with Crippen LogP contribution in [0.5, 0.6) is 0 Å². The Morgan fingerprint density at radius 2 is 2.14 bits per heavy atom. The Hall–Kier alpha value is -1.33. The summed E-state index contributed by atoms with van der Waals surface area (Å²) in [5.74, 6) is 0.832. The molecule has 1 saturated heterocycles. The summed E-state index contributed by atoms with van der Waals surface area (Å²) >= 11 is 5.93. The molecule has 0 spiro atoms. The van der Waals surface area contributed by atoms with E-state index < -0.39 is 9.84 Å². The Morgan fingerprint density at radius 1 is 1.38 bits per heavy atom. The lowest BCUT2D eigenvalue weighted by atomic mass is 10.1. The molecule has 1 unspecified atom stereocenters. The van der Waals surface area contributed by atoms with Gasteiger partial charge in [0.1, 0.15) is 0 Å². The molecule has 1 aliphatic heterocycles. The topological polar surface area (TPSA) is 50.3 Å². The quantitative estimate of drug-likeness (QED) is 0.814. The summed E-state index contributed by atoms with van der Waals surface area (Å²) in [5, 5.41) is 1.03. The van der Waals surface area contributed by atoms with Crippen LogP contribution in [-0.4, -0.2) is 38.0 Å². The van der Waals surface area contributed by atoms with E-state index in [1.165, 1.54) is 0 Å². The van der Waals surface area contributed by atoms with Gasteiger partial charge in [0.15, 0.2) is 9.84 Å². The second kappa shape index (κ2) is 5.46. The van der Waals surface area contributed by atoms with E-state index in [4.69, 9.17) is 11.6 Å². The highest BCUT2D eigenvalue weighted by Gasteiger charge is 2.31. The minimum Gasteiger partial charge on any atom is -0.370 e. The number of nitrogens with zero attached hydrogens (tertiary/aromatic N) is 2. The van der Waals surface area contributed by atoms with Gasteiger partial charge in [0.05, 0.1) is 28.6 Å². The number of anilines is 1. The summed E-state index contributed by atoms with van der Waals surface area (Å²) in [5.41, 5.74) is 2.69. The molecule has 21 heavy (non-hydrogen) atoms. The van der Waals surface area contributed by atoms with Crippen molar-refractivity contribution in [2.24, 2.45) is 0 Å². The van der Waals surface area contributed by atoms with E-state index in [-0.39, 0.29) is 17.5 Å². The number of para-hydroxylation sites is 1. The molecular formula is C15H17ClN2O2S. The van der Waals surface area contributed by atoms with E-state index in [0.29, 0.717) is 12.3 Å². The zero-order valence-corrected chi connectivity index (χ0v) is 13.4. The van der Waals surface area contributed by atoms with Gasteiger partial charge < -0.3 is 4.90 Å². The predicted molar refractivity (Wildman–Crippen MR) is 86.8 cm³/mol. The number of halogens is 1. The molecule has 1 aromatic heterocycles. The molecule has 0 radical (unpaired) electrons. The molecule has 0 bridgehead atoms. The Morgan fingerprint density at radius 3 is 2.81 bits per heavy atom. The van der Waals surface area contributed by atoms with Crippen LogP contribution in [0.2, 0.25) is 0 Å². The Balaban J connectivity index is 2.06. The van der Waals surface area contributed by atoms with Crippen molar-refractivity contribution in [3.05, 3.63) is 36.0 Å². The molecule has 1 aliphatic rings. The van der Waals surface area contributed by atoms with E-state index in [0.717, 1.165) is 22.3 Å². The highest BCUT2D eigenvalue weighted by Crippen LogP contribution is 2.30. The SMILES string of the molecule is CN(c1cc(CCl)nc2ccccc12)C1CCS(=O)(=O)C1. The molecule has 0 amide bonds. The third-order valence-corrected chi connectivity index (χ3v) is 6.04. The second-order valence-corrected chi connectivity index (χ2v) is 7.95. The molecule has 6 heteroatoms. The summed E-state index contributed by atoms with van der Waals surface area (Å²) in [7, 11) is -0.951. The van der Waals surface area contributed by atoms with Crippen LogP contribution >= 0.6 is 11.6 Å². The van der Waals surface area contributed by atoms with Crippen LogP contribution in [0.1, 0.15) is 12.1 Å². The first-order chi connectivity index (χ1) is 10.00. The van der Waals surface area contributed by atoms with E-state index in [9.17, 15) is 8.42 Å². The van der Waals surface area contributed by atoms with Crippen LogP contribution in [0.3, 0.4) is 0 Å². The van der Waals surface area contributed by atoms with Crippen molar-refractivity contribution in [2.75, 3.05) is 23.5 Å². The monoisotopic (exact) mass is 324 g/mol. The van der Waals surface area contributed by atoms with Crippen LogP contribution in [0.4, 0.5) is 5.69 Å². The van der Waals surface area contributed by atoms with Crippen molar-refractivity contribution in [2.45, 2.75) is 18.3 Å². The number of hydrogen-bond acceptors (Lipinski definition) is 4. The van der Waals surface area contributed by atoms with Gasteiger partial charge in [-0.1, -0.05) is 18.2 Å². The Labute approximate surface area is 129 Å². The fraction of sp³-hybridized carbons (Fsp3) is 0.400. The third-order valence-electron chi connectivity index (χ3n) is 4.02. The summed E-state index contributed by atoms with van der Waals surface area (Å²) < 4.78 is 23.4. The minimum absolute atomic E-state index is 0.0176. The number of benzene rings is 1. The normalized spacial score (nSPS) is 20.8. The van der Waals surface area contributed by atoms with Crippen LogP contribution in [0, 0.1) is 0 Å². The van der Waals surface area contributed by atoms with Crippen LogP contribution in [-0.2, 0) is 15.7 Å². The summed E-state index contributed by atoms with van der Waals surface area (Å²) in [6.07, 6.45) is 0.672. The molecular weight excluding hydrogens is 308 g/mol. The lowest BCUT2D eigenvalue weighted by Gasteiger charge is -2.27. The lowest BCUT2D eigenvalue weighted by Crippen LogP contribution is -2.32. The smallest absolute Gasteiger partial charge is 0.152 e. The van der Waals surface area contributed by atoms with Gasteiger partial charge in [-0.3, -0.25) is 4.98 Å². The van der Waals surface area contributed by atoms with Gasteiger partial charge in [-0.25, -0.2) is 8.42 Å². The summed E-state index contributed by atoms with van der Waals surface area (Å²) in [4.78, 5) is 6.58. The summed E-state index contributed by atoms with van der Waals surface area (Å²) in [6, 6.07) is 9.85. The van der Waals surface area contributed by atoms with Gasteiger partial charge in [-0.05, 0) is 18.6 Å². The zero-order chi connectivity index (χ0) is 15.0. The molecule has 4 nitrogen and oxygen atoms in total. The van der Waals surface area contributed by atoms with Crippen LogP contribution < -0.4 is 4.90 Å². The highest BCUT2D eigenvalue weighted by molar-refractivity contribution is 7.91. The van der Waals surface area contributed by atoms with Gasteiger partial charge in [0.2, 0.25) is 0 Å². The first kappa shape index (κ1) is 14.6. The van der Waals surface area contributed by atoms with Gasteiger partial charge in [0, 0.05) is 24.2 Å². The van der Waals surface area contributed by atoms with Gasteiger partial charge in [0.25, 0.3) is 0 Å². The molecule has 0 N–H and O–H groups in total. The zero-order valence-electron chi connectivity index (χ0n) is 11.8. The first-order valence-electron chi connectivity index (χ1n) is 6.88. The van der Waals surface area contributed by atoms with Crippen molar-refractivity contribution >= 4 is 38.0 Å². The first-order valence-corrected chi connectivity index (χ1v) is 9.23. The Bertz CT molecular complexity index is 776. The van der Waals surface area contributed by atoms with E-state index >= 15 is 0 Å². The van der Waals surface area contributed by atoms with E-state index in [2.05, 4.69) is 9.88 Å². The maximum absolute atomic E-state index is 11.7. The van der Waals surface area contributed by atoms with Crippen LogP contribution in [0.15, 0.2) is 30.3 Å². The molecule has 3 rings (SSSR count). The fourth-order valence-corrected chi connectivity index (χ4v) is 4.76. The lowest BCUT2D eigenvalue weighted by molar-refractivity contribution is 0.601. The average molecular weight is 325 g/mol. The largest absolute Gasteiger partial charge is 0.370 e. The number of pyridine rings is 1. The molecule has 2 heterocycles. The number of sulfone groups is 1. The molecule has 1 aromatic carbocycles. The molecule has 0 saturated carbocycles. The van der Waals surface area contributed by atoms with Gasteiger partial charge in [-0.15, -0.1) is 11.6 Å². The fourth-order valence-electron chi connectivity index (χ4n) is 2.85. The number of rotatable bonds is 3. The van der Waals surface area contributed by atoms with Crippen molar-refractivity contribution < 1.29 is 8.42 Å². The van der Waals surface area contributed by atoms with E-state index in [1.54, 1.807) is 0 Å². The average Bonchev–Trinajstić information content (AvgIpc) is 2.85. The number of alkyl halides is 1. The highest BCUT2D eigenvalue weighted by atomic mass is 35.5. The number of aromatic nitrogens is 1. The Kier molecular flexibility index (Phi) is 3.80. The molecule has 2 aromatic rings. The van der Waals surface area contributed by atoms with Crippen molar-refractivity contribution in [1.29, 1.82) is 0 Å². The number of hydrogen-bond donors (Lipinski definition) is 0. The van der Waals surface area contributed by atoms with Gasteiger partial charge in [-0.2, -0.15) is 0 Å². The van der Waals surface area contributed by atoms with Crippen molar-refractivity contribution in [1.82, 2.24) is 4.98 Å².